The van der Waals surface area contributed by atoms with Crippen molar-refractivity contribution in [2.45, 2.75) is 45.1 Å². The van der Waals surface area contributed by atoms with Gasteiger partial charge in [-0.15, -0.1) is 12.4 Å². The Balaban J connectivity index is 0.00000161. The summed E-state index contributed by atoms with van der Waals surface area (Å²) in [4.78, 5) is 16.3. The topological polar surface area (TPSA) is 111 Å². The number of halogens is 1. The molecule has 0 bridgehead atoms. The van der Waals surface area contributed by atoms with Crippen molar-refractivity contribution < 1.29 is 4.52 Å². The third-order valence-electron chi connectivity index (χ3n) is 4.05. The van der Waals surface area contributed by atoms with Gasteiger partial charge in [-0.1, -0.05) is 18.0 Å². The molecule has 21 heavy (non-hydrogen) atoms. The molecule has 0 spiro atoms. The van der Waals surface area contributed by atoms with Gasteiger partial charge in [0, 0.05) is 0 Å². The number of hydrogen-bond acceptors (Lipinski definition) is 6. The second-order valence-corrected chi connectivity index (χ2v) is 5.42. The molecule has 3 rings (SSSR count). The minimum atomic E-state index is -0.523. The first-order valence-corrected chi connectivity index (χ1v) is 6.70. The van der Waals surface area contributed by atoms with Crippen LogP contribution in [0.15, 0.2) is 9.32 Å². The van der Waals surface area contributed by atoms with Crippen LogP contribution in [0.4, 0.5) is 0 Å². The zero-order valence-electron chi connectivity index (χ0n) is 12.0. The average Bonchev–Trinajstić information content (AvgIpc) is 3.05. The SMILES string of the molecule is Cc1n[nH]c(=O)c(-c2nc(C3(N)CCCC3)no2)c1C.Cl. The van der Waals surface area contributed by atoms with Crippen molar-refractivity contribution >= 4 is 12.4 Å². The predicted molar refractivity (Wildman–Crippen MR) is 79.2 cm³/mol. The lowest BCUT2D eigenvalue weighted by Gasteiger charge is -2.17. The molecule has 3 N–H and O–H groups in total. The number of H-pyrrole nitrogens is 1. The summed E-state index contributed by atoms with van der Waals surface area (Å²) in [7, 11) is 0. The Kier molecular flexibility index (Phi) is 4.15. The first kappa shape index (κ1) is 15.7. The minimum Gasteiger partial charge on any atom is -0.334 e. The van der Waals surface area contributed by atoms with E-state index in [-0.39, 0.29) is 23.9 Å². The molecular formula is C13H18ClN5O2. The standard InChI is InChI=1S/C13H17N5O2.ClH/c1-7-8(2)16-17-10(19)9(7)11-15-12(18-20-11)13(14)5-3-4-6-13;/h3-6,14H2,1-2H3,(H,17,19);1H. The highest BCUT2D eigenvalue weighted by Crippen LogP contribution is 2.35. The quantitative estimate of drug-likeness (QED) is 0.871. The number of nitrogens with two attached hydrogens (primary N) is 1. The normalized spacial score (nSPS) is 16.7. The summed E-state index contributed by atoms with van der Waals surface area (Å²) in [5, 5.41) is 10.3. The summed E-state index contributed by atoms with van der Waals surface area (Å²) in [5.74, 6) is 0.694. The zero-order chi connectivity index (χ0) is 14.3. The summed E-state index contributed by atoms with van der Waals surface area (Å²) < 4.78 is 5.26. The largest absolute Gasteiger partial charge is 0.334 e. The van der Waals surface area contributed by atoms with Gasteiger partial charge in [0.2, 0.25) is 0 Å². The van der Waals surface area contributed by atoms with Crippen LogP contribution in [0.25, 0.3) is 11.5 Å². The van der Waals surface area contributed by atoms with Gasteiger partial charge in [-0.3, -0.25) is 4.79 Å². The first-order valence-electron chi connectivity index (χ1n) is 6.70. The van der Waals surface area contributed by atoms with E-state index < -0.39 is 5.54 Å². The molecule has 1 fully saturated rings. The third-order valence-corrected chi connectivity index (χ3v) is 4.05. The van der Waals surface area contributed by atoms with Crippen molar-refractivity contribution in [3.63, 3.8) is 0 Å². The van der Waals surface area contributed by atoms with Crippen molar-refractivity contribution in [1.29, 1.82) is 0 Å². The van der Waals surface area contributed by atoms with Gasteiger partial charge in [0.15, 0.2) is 5.82 Å². The lowest BCUT2D eigenvalue weighted by atomic mass is 9.98. The van der Waals surface area contributed by atoms with Crippen LogP contribution in [0.1, 0.15) is 42.8 Å². The number of nitrogens with zero attached hydrogens (tertiary/aromatic N) is 3. The lowest BCUT2D eigenvalue weighted by molar-refractivity contribution is 0.372. The fourth-order valence-corrected chi connectivity index (χ4v) is 2.64. The summed E-state index contributed by atoms with van der Waals surface area (Å²) in [6, 6.07) is 0. The van der Waals surface area contributed by atoms with E-state index in [0.717, 1.165) is 36.9 Å². The Morgan fingerprint density at radius 1 is 1.29 bits per heavy atom. The molecule has 114 valence electrons. The van der Waals surface area contributed by atoms with Crippen molar-refractivity contribution in [2.75, 3.05) is 0 Å². The number of aryl methyl sites for hydroxylation is 1. The average molecular weight is 312 g/mol. The molecule has 7 nitrogen and oxygen atoms in total. The van der Waals surface area contributed by atoms with Gasteiger partial charge in [-0.2, -0.15) is 10.1 Å². The molecule has 2 aromatic rings. The van der Waals surface area contributed by atoms with Gasteiger partial charge in [-0.05, 0) is 32.3 Å². The maximum atomic E-state index is 11.9. The van der Waals surface area contributed by atoms with Crippen molar-refractivity contribution in [3.05, 3.63) is 27.4 Å². The molecule has 2 heterocycles. The van der Waals surface area contributed by atoms with Gasteiger partial charge in [0.25, 0.3) is 11.4 Å². The van der Waals surface area contributed by atoms with Crippen LogP contribution in [0, 0.1) is 13.8 Å². The lowest BCUT2D eigenvalue weighted by Crippen LogP contribution is -2.34. The molecule has 1 aliphatic carbocycles. The second-order valence-electron chi connectivity index (χ2n) is 5.42. The van der Waals surface area contributed by atoms with E-state index in [1.807, 2.05) is 13.8 Å². The molecule has 1 saturated carbocycles. The number of aromatic nitrogens is 4. The van der Waals surface area contributed by atoms with E-state index in [0.29, 0.717) is 11.4 Å². The summed E-state index contributed by atoms with van der Waals surface area (Å²) in [6.45, 7) is 3.62. The molecular weight excluding hydrogens is 294 g/mol. The zero-order valence-corrected chi connectivity index (χ0v) is 12.8. The van der Waals surface area contributed by atoms with Crippen molar-refractivity contribution in [2.24, 2.45) is 5.73 Å². The Bertz CT molecular complexity index is 703. The Morgan fingerprint density at radius 2 is 1.95 bits per heavy atom. The van der Waals surface area contributed by atoms with Gasteiger partial charge in [0.1, 0.15) is 5.56 Å². The molecule has 1 aliphatic rings. The van der Waals surface area contributed by atoms with Gasteiger partial charge in [0.05, 0.1) is 11.2 Å². The highest BCUT2D eigenvalue weighted by molar-refractivity contribution is 5.85. The van der Waals surface area contributed by atoms with Gasteiger partial charge in [-0.25, -0.2) is 5.10 Å². The van der Waals surface area contributed by atoms with Crippen LogP contribution < -0.4 is 11.3 Å². The first-order chi connectivity index (χ1) is 9.51. The number of aromatic amines is 1. The van der Waals surface area contributed by atoms with E-state index in [9.17, 15) is 4.79 Å². The molecule has 0 amide bonds. The number of nitrogens with one attached hydrogen (secondary N) is 1. The third kappa shape index (κ3) is 2.58. The molecule has 0 unspecified atom stereocenters. The molecule has 0 aromatic carbocycles. The van der Waals surface area contributed by atoms with Crippen molar-refractivity contribution in [3.8, 4) is 11.5 Å². The summed E-state index contributed by atoms with van der Waals surface area (Å²) >= 11 is 0. The van der Waals surface area contributed by atoms with E-state index in [1.54, 1.807) is 0 Å². The minimum absolute atomic E-state index is 0. The molecule has 0 saturated heterocycles. The van der Waals surface area contributed by atoms with Crippen LogP contribution in [0.3, 0.4) is 0 Å². The van der Waals surface area contributed by atoms with Crippen molar-refractivity contribution in [1.82, 2.24) is 20.3 Å². The fraction of sp³-hybridized carbons (Fsp3) is 0.538. The highest BCUT2D eigenvalue weighted by Gasteiger charge is 2.36. The van der Waals surface area contributed by atoms with E-state index in [4.69, 9.17) is 10.3 Å². The molecule has 0 radical (unpaired) electrons. The van der Waals surface area contributed by atoms with Gasteiger partial charge >= 0.3 is 0 Å². The van der Waals surface area contributed by atoms with Crippen LogP contribution >= 0.6 is 12.4 Å². The highest BCUT2D eigenvalue weighted by atomic mass is 35.5. The molecule has 8 heteroatoms. The van der Waals surface area contributed by atoms with E-state index >= 15 is 0 Å². The Labute approximate surface area is 127 Å². The number of rotatable bonds is 2. The monoisotopic (exact) mass is 311 g/mol. The number of hydrogen-bond donors (Lipinski definition) is 2. The van der Waals surface area contributed by atoms with Crippen LogP contribution in [-0.4, -0.2) is 20.3 Å². The maximum Gasteiger partial charge on any atom is 0.277 e. The smallest absolute Gasteiger partial charge is 0.277 e. The van der Waals surface area contributed by atoms with E-state index in [2.05, 4.69) is 20.3 Å². The molecule has 0 atom stereocenters. The molecule has 2 aromatic heterocycles. The second kappa shape index (κ2) is 5.57. The van der Waals surface area contributed by atoms with E-state index in [1.165, 1.54) is 0 Å². The Hall–Kier alpha value is -1.73. The van der Waals surface area contributed by atoms with Gasteiger partial charge < -0.3 is 10.3 Å². The maximum absolute atomic E-state index is 11.9. The molecule has 0 aliphatic heterocycles. The summed E-state index contributed by atoms with van der Waals surface area (Å²) in [6.07, 6.45) is 3.82. The fourth-order valence-electron chi connectivity index (χ4n) is 2.64. The predicted octanol–water partition coefficient (Wildman–Crippen LogP) is 1.59. The van der Waals surface area contributed by atoms with Crippen LogP contribution in [-0.2, 0) is 5.54 Å². The Morgan fingerprint density at radius 3 is 2.62 bits per heavy atom. The van der Waals surface area contributed by atoms with Crippen LogP contribution in [0.2, 0.25) is 0 Å². The summed E-state index contributed by atoms with van der Waals surface area (Å²) in [5.41, 5.74) is 7.27. The van der Waals surface area contributed by atoms with Crippen LogP contribution in [0.5, 0.6) is 0 Å².